The van der Waals surface area contributed by atoms with Crippen molar-refractivity contribution < 1.29 is 9.47 Å². The molecule has 2 atom stereocenters. The smallest absolute Gasteiger partial charge is 0.129 e. The minimum atomic E-state index is 0.104. The normalized spacial score (nSPS) is 22.3. The maximum atomic E-state index is 5.52. The van der Waals surface area contributed by atoms with Crippen LogP contribution in [0.15, 0.2) is 12.1 Å². The monoisotopic (exact) mass is 293 g/mol. The molecule has 1 aromatic rings. The molecule has 1 aliphatic heterocycles. The number of rotatable bonds is 6. The average molecular weight is 293 g/mol. The van der Waals surface area contributed by atoms with Crippen molar-refractivity contribution in [2.75, 3.05) is 39.3 Å². The molecule has 1 N–H and O–H groups in total. The molecule has 0 bridgehead atoms. The highest BCUT2D eigenvalue weighted by Crippen LogP contribution is 2.25. The van der Waals surface area contributed by atoms with E-state index in [0.717, 1.165) is 31.1 Å². The molecule has 2 heterocycles. The minimum absolute atomic E-state index is 0.104. The summed E-state index contributed by atoms with van der Waals surface area (Å²) in [6.07, 6.45) is 0.208. The van der Waals surface area contributed by atoms with E-state index in [1.807, 2.05) is 7.05 Å². The minimum Gasteiger partial charge on any atom is -0.377 e. The van der Waals surface area contributed by atoms with Crippen LogP contribution in [0.25, 0.3) is 0 Å². The van der Waals surface area contributed by atoms with Crippen molar-refractivity contribution in [3.63, 3.8) is 0 Å². The lowest BCUT2D eigenvalue weighted by molar-refractivity contribution is -0.00461. The second kappa shape index (κ2) is 7.20. The summed E-state index contributed by atoms with van der Waals surface area (Å²) in [6.45, 7) is 6.85. The van der Waals surface area contributed by atoms with Gasteiger partial charge in [-0.3, -0.25) is 0 Å². The SMILES string of the molecule is CNCc1cc(C(C)C)nc(N2CC(OC)C(OC)C2)c1. The summed E-state index contributed by atoms with van der Waals surface area (Å²) in [5.74, 6) is 1.44. The molecule has 0 aromatic carbocycles. The summed E-state index contributed by atoms with van der Waals surface area (Å²) in [7, 11) is 5.45. The highest BCUT2D eigenvalue weighted by molar-refractivity contribution is 5.45. The van der Waals surface area contributed by atoms with E-state index in [2.05, 4.69) is 36.2 Å². The van der Waals surface area contributed by atoms with E-state index < -0.39 is 0 Å². The van der Waals surface area contributed by atoms with Crippen LogP contribution in [-0.4, -0.2) is 51.5 Å². The largest absolute Gasteiger partial charge is 0.377 e. The molecule has 0 aliphatic carbocycles. The fourth-order valence-corrected chi connectivity index (χ4v) is 2.74. The summed E-state index contributed by atoms with van der Waals surface area (Å²) in [6, 6.07) is 4.34. The molecule has 118 valence electrons. The predicted molar refractivity (Wildman–Crippen MR) is 84.9 cm³/mol. The molecule has 0 saturated carbocycles. The average Bonchev–Trinajstić information content (AvgIpc) is 2.90. The lowest BCUT2D eigenvalue weighted by Gasteiger charge is -2.20. The van der Waals surface area contributed by atoms with Crippen molar-refractivity contribution in [1.82, 2.24) is 10.3 Å². The van der Waals surface area contributed by atoms with Crippen molar-refractivity contribution >= 4 is 5.82 Å². The quantitative estimate of drug-likeness (QED) is 0.866. The summed E-state index contributed by atoms with van der Waals surface area (Å²) >= 11 is 0. The number of nitrogens with zero attached hydrogens (tertiary/aromatic N) is 2. The maximum absolute atomic E-state index is 5.52. The van der Waals surface area contributed by atoms with Gasteiger partial charge >= 0.3 is 0 Å². The zero-order valence-corrected chi connectivity index (χ0v) is 13.7. The van der Waals surface area contributed by atoms with Gasteiger partial charge in [-0.2, -0.15) is 0 Å². The Bertz CT molecular complexity index is 453. The summed E-state index contributed by atoms with van der Waals surface area (Å²) in [5.41, 5.74) is 2.40. The van der Waals surface area contributed by atoms with Crippen LogP contribution in [0.2, 0.25) is 0 Å². The van der Waals surface area contributed by atoms with Gasteiger partial charge in [-0.25, -0.2) is 4.98 Å². The number of anilines is 1. The molecule has 1 aliphatic rings. The lowest BCUT2D eigenvalue weighted by Crippen LogP contribution is -2.27. The van der Waals surface area contributed by atoms with Crippen LogP contribution in [0.3, 0.4) is 0 Å². The molecule has 5 nitrogen and oxygen atoms in total. The molecule has 2 unspecified atom stereocenters. The first-order chi connectivity index (χ1) is 10.1. The molecule has 2 rings (SSSR count). The summed E-state index contributed by atoms with van der Waals surface area (Å²) < 4.78 is 11.0. The Labute approximate surface area is 127 Å². The molecule has 1 fully saturated rings. The highest BCUT2D eigenvalue weighted by atomic mass is 16.5. The van der Waals surface area contributed by atoms with E-state index in [0.29, 0.717) is 5.92 Å². The Kier molecular flexibility index (Phi) is 5.56. The van der Waals surface area contributed by atoms with Crippen LogP contribution < -0.4 is 10.2 Å². The molecular weight excluding hydrogens is 266 g/mol. The number of methoxy groups -OCH3 is 2. The molecular formula is C16H27N3O2. The van der Waals surface area contributed by atoms with Crippen molar-refractivity contribution in [1.29, 1.82) is 0 Å². The van der Waals surface area contributed by atoms with E-state index >= 15 is 0 Å². The molecule has 1 saturated heterocycles. The Morgan fingerprint density at radius 2 is 1.86 bits per heavy atom. The Hall–Kier alpha value is -1.17. The van der Waals surface area contributed by atoms with Gasteiger partial charge in [0.15, 0.2) is 0 Å². The lowest BCUT2D eigenvalue weighted by atomic mass is 10.1. The van der Waals surface area contributed by atoms with Crippen LogP contribution in [0.1, 0.15) is 31.0 Å². The van der Waals surface area contributed by atoms with Gasteiger partial charge in [0.1, 0.15) is 18.0 Å². The first kappa shape index (κ1) is 16.2. The Morgan fingerprint density at radius 1 is 1.24 bits per heavy atom. The van der Waals surface area contributed by atoms with Gasteiger partial charge in [0.25, 0.3) is 0 Å². The number of hydrogen-bond donors (Lipinski definition) is 1. The third-order valence-electron chi connectivity index (χ3n) is 4.01. The van der Waals surface area contributed by atoms with Crippen molar-refractivity contribution in [3.05, 3.63) is 23.4 Å². The molecule has 0 spiro atoms. The van der Waals surface area contributed by atoms with Crippen LogP contribution >= 0.6 is 0 Å². The fourth-order valence-electron chi connectivity index (χ4n) is 2.74. The third kappa shape index (κ3) is 3.73. The number of nitrogens with one attached hydrogen (secondary N) is 1. The van der Waals surface area contributed by atoms with E-state index in [9.17, 15) is 0 Å². The van der Waals surface area contributed by atoms with E-state index in [4.69, 9.17) is 14.5 Å². The topological polar surface area (TPSA) is 46.6 Å². The Morgan fingerprint density at radius 3 is 2.33 bits per heavy atom. The fraction of sp³-hybridized carbons (Fsp3) is 0.688. The van der Waals surface area contributed by atoms with E-state index in [1.54, 1.807) is 14.2 Å². The first-order valence-electron chi connectivity index (χ1n) is 7.55. The van der Waals surface area contributed by atoms with Gasteiger partial charge in [0.05, 0.1) is 0 Å². The number of pyridine rings is 1. The standard InChI is InChI=1S/C16H27N3O2/c1-11(2)13-6-12(8-17-3)7-16(18-13)19-9-14(20-4)15(10-19)21-5/h6-7,11,14-15,17H,8-10H2,1-5H3. The zero-order valence-electron chi connectivity index (χ0n) is 13.7. The van der Waals surface area contributed by atoms with Crippen LogP contribution in [0.4, 0.5) is 5.82 Å². The van der Waals surface area contributed by atoms with Gasteiger partial charge in [0.2, 0.25) is 0 Å². The third-order valence-corrected chi connectivity index (χ3v) is 4.01. The van der Waals surface area contributed by atoms with Gasteiger partial charge < -0.3 is 19.7 Å². The van der Waals surface area contributed by atoms with Crippen LogP contribution in [0.5, 0.6) is 0 Å². The second-order valence-electron chi connectivity index (χ2n) is 5.90. The molecule has 5 heteroatoms. The van der Waals surface area contributed by atoms with E-state index in [-0.39, 0.29) is 12.2 Å². The molecule has 21 heavy (non-hydrogen) atoms. The summed E-state index contributed by atoms with van der Waals surface area (Å²) in [5, 5.41) is 3.21. The predicted octanol–water partition coefficient (Wildman–Crippen LogP) is 1.77. The number of hydrogen-bond acceptors (Lipinski definition) is 5. The van der Waals surface area contributed by atoms with Gasteiger partial charge in [0, 0.05) is 39.5 Å². The molecule has 1 aromatic heterocycles. The Balaban J connectivity index is 2.26. The highest BCUT2D eigenvalue weighted by Gasteiger charge is 2.33. The van der Waals surface area contributed by atoms with Crippen molar-refractivity contribution in [2.45, 2.75) is 38.5 Å². The van der Waals surface area contributed by atoms with Gasteiger partial charge in [-0.15, -0.1) is 0 Å². The van der Waals surface area contributed by atoms with Crippen molar-refractivity contribution in [2.24, 2.45) is 0 Å². The second-order valence-corrected chi connectivity index (χ2v) is 5.90. The van der Waals surface area contributed by atoms with Crippen LogP contribution in [0, 0.1) is 0 Å². The van der Waals surface area contributed by atoms with Crippen molar-refractivity contribution in [3.8, 4) is 0 Å². The molecule has 0 radical (unpaired) electrons. The van der Waals surface area contributed by atoms with Gasteiger partial charge in [-0.05, 0) is 30.7 Å². The maximum Gasteiger partial charge on any atom is 0.129 e. The number of aromatic nitrogens is 1. The van der Waals surface area contributed by atoms with E-state index in [1.165, 1.54) is 5.56 Å². The van der Waals surface area contributed by atoms with Gasteiger partial charge in [-0.1, -0.05) is 13.8 Å². The zero-order chi connectivity index (χ0) is 15.4. The first-order valence-corrected chi connectivity index (χ1v) is 7.55. The van der Waals surface area contributed by atoms with Crippen LogP contribution in [-0.2, 0) is 16.0 Å². The number of ether oxygens (including phenoxy) is 2. The molecule has 0 amide bonds. The summed E-state index contributed by atoms with van der Waals surface area (Å²) in [4.78, 5) is 7.08.